The lowest BCUT2D eigenvalue weighted by Crippen LogP contribution is -2.46. The fraction of sp³-hybridized carbons (Fsp3) is 0.368. The van der Waals surface area contributed by atoms with Crippen molar-refractivity contribution in [2.45, 2.75) is 13.0 Å². The summed E-state index contributed by atoms with van der Waals surface area (Å²) in [5.74, 6) is 0.918. The highest BCUT2D eigenvalue weighted by Gasteiger charge is 2.20. The van der Waals surface area contributed by atoms with Crippen LogP contribution < -0.4 is 0 Å². The first-order valence-electron chi connectivity index (χ1n) is 9.22. The number of rotatable bonds is 7. The molecule has 0 unspecified atom stereocenters. The molecule has 1 aliphatic heterocycles. The summed E-state index contributed by atoms with van der Waals surface area (Å²) in [5, 5.41) is 17.0. The Kier molecular flexibility index (Phi) is 5.75. The van der Waals surface area contributed by atoms with Gasteiger partial charge in [-0.05, 0) is 17.9 Å². The van der Waals surface area contributed by atoms with Crippen molar-refractivity contribution in [2.24, 2.45) is 0 Å². The van der Waals surface area contributed by atoms with E-state index < -0.39 is 4.92 Å². The maximum Gasteiger partial charge on any atom is 0.270 e. The molecule has 1 aromatic carbocycles. The van der Waals surface area contributed by atoms with E-state index in [1.807, 2.05) is 11.3 Å². The zero-order chi connectivity index (χ0) is 19.3. The number of hydrogen-bond acceptors (Lipinski definition) is 8. The highest BCUT2D eigenvalue weighted by molar-refractivity contribution is 7.09. The second-order valence-corrected chi connectivity index (χ2v) is 7.80. The van der Waals surface area contributed by atoms with Crippen LogP contribution in [-0.2, 0) is 13.0 Å². The number of hydrogen-bond donors (Lipinski definition) is 0. The molecule has 8 nitrogen and oxygen atoms in total. The summed E-state index contributed by atoms with van der Waals surface area (Å²) in [7, 11) is 0. The number of non-ortho nitro benzene ring substituents is 1. The normalized spacial score (nSPS) is 15.7. The molecule has 0 atom stereocenters. The molecule has 1 aliphatic rings. The maximum absolute atomic E-state index is 10.9. The first kappa shape index (κ1) is 18.7. The Morgan fingerprint density at radius 1 is 1.14 bits per heavy atom. The average Bonchev–Trinajstić information content (AvgIpc) is 3.40. The van der Waals surface area contributed by atoms with Crippen molar-refractivity contribution < 1.29 is 9.45 Å². The van der Waals surface area contributed by atoms with Gasteiger partial charge in [-0.25, -0.2) is 0 Å². The van der Waals surface area contributed by atoms with Gasteiger partial charge in [-0.3, -0.25) is 15.0 Å². The van der Waals surface area contributed by atoms with Crippen molar-refractivity contribution in [3.63, 3.8) is 0 Å². The molecule has 3 heterocycles. The molecule has 2 aromatic heterocycles. The predicted molar refractivity (Wildman–Crippen MR) is 106 cm³/mol. The molecule has 3 aromatic rings. The van der Waals surface area contributed by atoms with Gasteiger partial charge in [0.25, 0.3) is 5.69 Å². The average molecular weight is 399 g/mol. The molecule has 0 saturated carbocycles. The highest BCUT2D eigenvalue weighted by Crippen LogP contribution is 2.22. The van der Waals surface area contributed by atoms with Gasteiger partial charge in [-0.2, -0.15) is 4.98 Å². The van der Waals surface area contributed by atoms with E-state index in [0.29, 0.717) is 23.8 Å². The molecule has 1 saturated heterocycles. The van der Waals surface area contributed by atoms with Crippen molar-refractivity contribution >= 4 is 17.0 Å². The summed E-state index contributed by atoms with van der Waals surface area (Å²) in [6.07, 6.45) is 1.11. The molecule has 0 radical (unpaired) electrons. The second kappa shape index (κ2) is 8.59. The summed E-state index contributed by atoms with van der Waals surface area (Å²) < 4.78 is 5.36. The van der Waals surface area contributed by atoms with Crippen LogP contribution >= 0.6 is 11.3 Å². The third-order valence-corrected chi connectivity index (χ3v) is 5.80. The van der Waals surface area contributed by atoms with Crippen LogP contribution in [0.5, 0.6) is 0 Å². The molecule has 4 rings (SSSR count). The highest BCUT2D eigenvalue weighted by atomic mass is 32.1. The Labute approximate surface area is 166 Å². The minimum absolute atomic E-state index is 0.0162. The summed E-state index contributed by atoms with van der Waals surface area (Å²) in [6, 6.07) is 10.6. The second-order valence-electron chi connectivity index (χ2n) is 6.77. The van der Waals surface area contributed by atoms with Gasteiger partial charge in [0.15, 0.2) is 0 Å². The molecule has 0 N–H and O–H groups in total. The fourth-order valence-corrected chi connectivity index (χ4v) is 3.98. The minimum Gasteiger partial charge on any atom is -0.338 e. The van der Waals surface area contributed by atoms with Crippen LogP contribution in [0.15, 0.2) is 46.3 Å². The molecule has 0 bridgehead atoms. The lowest BCUT2D eigenvalue weighted by Gasteiger charge is -2.33. The smallest absolute Gasteiger partial charge is 0.270 e. The number of nitro groups is 1. The topological polar surface area (TPSA) is 88.5 Å². The Balaban J connectivity index is 1.29. The van der Waals surface area contributed by atoms with Gasteiger partial charge in [0.2, 0.25) is 11.7 Å². The van der Waals surface area contributed by atoms with Gasteiger partial charge >= 0.3 is 0 Å². The van der Waals surface area contributed by atoms with Crippen molar-refractivity contribution in [1.82, 2.24) is 19.9 Å². The summed E-state index contributed by atoms with van der Waals surface area (Å²) in [5.41, 5.74) is 0.602. The van der Waals surface area contributed by atoms with Gasteiger partial charge in [0.05, 0.1) is 11.5 Å². The fourth-order valence-electron chi connectivity index (χ4n) is 3.28. The lowest BCUT2D eigenvalue weighted by molar-refractivity contribution is -0.384. The minimum atomic E-state index is -0.428. The zero-order valence-electron chi connectivity index (χ0n) is 15.4. The standard InChI is InChI=1S/C19H21N5O3S/c25-24(26)16-4-1-3-15(13-16)19-20-18(27-21-19)14-23-10-8-22(9-11-23)7-6-17-5-2-12-28-17/h1-5,12-13H,6-11,14H2. The van der Waals surface area contributed by atoms with Crippen LogP contribution in [0.2, 0.25) is 0 Å². The molecule has 146 valence electrons. The van der Waals surface area contributed by atoms with Gasteiger partial charge in [0, 0.05) is 55.3 Å². The van der Waals surface area contributed by atoms with Gasteiger partial charge in [-0.1, -0.05) is 23.4 Å². The Hall–Kier alpha value is -2.62. The molecule has 0 amide bonds. The monoisotopic (exact) mass is 399 g/mol. The largest absolute Gasteiger partial charge is 0.338 e. The van der Waals surface area contributed by atoms with Crippen molar-refractivity contribution in [3.05, 3.63) is 62.7 Å². The number of nitro benzene ring substituents is 1. The molecule has 0 spiro atoms. The molecule has 0 aliphatic carbocycles. The van der Waals surface area contributed by atoms with Gasteiger partial charge in [0.1, 0.15) is 0 Å². The number of piperazine rings is 1. The van der Waals surface area contributed by atoms with Crippen molar-refractivity contribution in [3.8, 4) is 11.4 Å². The van der Waals surface area contributed by atoms with Crippen LogP contribution in [-0.4, -0.2) is 57.6 Å². The van der Waals surface area contributed by atoms with E-state index in [0.717, 1.165) is 39.1 Å². The third-order valence-electron chi connectivity index (χ3n) is 4.86. The number of thiophene rings is 1. The third kappa shape index (κ3) is 4.61. The summed E-state index contributed by atoms with van der Waals surface area (Å²) in [4.78, 5) is 21.1. The number of aromatic nitrogens is 2. The Bertz CT molecular complexity index is 919. The van der Waals surface area contributed by atoms with Crippen LogP contribution in [0.4, 0.5) is 5.69 Å². The summed E-state index contributed by atoms with van der Waals surface area (Å²) in [6.45, 7) is 5.65. The van der Waals surface area contributed by atoms with Crippen LogP contribution in [0.25, 0.3) is 11.4 Å². The summed E-state index contributed by atoms with van der Waals surface area (Å²) >= 11 is 1.81. The Morgan fingerprint density at radius 2 is 1.96 bits per heavy atom. The van der Waals surface area contributed by atoms with E-state index in [-0.39, 0.29) is 5.69 Å². The van der Waals surface area contributed by atoms with E-state index in [4.69, 9.17) is 4.52 Å². The molecular weight excluding hydrogens is 378 g/mol. The van der Waals surface area contributed by atoms with Crippen molar-refractivity contribution in [1.29, 1.82) is 0 Å². The van der Waals surface area contributed by atoms with Crippen molar-refractivity contribution in [2.75, 3.05) is 32.7 Å². The maximum atomic E-state index is 10.9. The zero-order valence-corrected chi connectivity index (χ0v) is 16.2. The number of benzene rings is 1. The van der Waals surface area contributed by atoms with Gasteiger partial charge in [-0.15, -0.1) is 11.3 Å². The molecular formula is C19H21N5O3S. The molecule has 9 heteroatoms. The molecule has 28 heavy (non-hydrogen) atoms. The quantitative estimate of drug-likeness (QED) is 0.446. The SMILES string of the molecule is O=[N+]([O-])c1cccc(-c2noc(CN3CCN(CCc4cccs4)CC3)n2)c1. The first-order chi connectivity index (χ1) is 13.7. The van der Waals surface area contributed by atoms with E-state index in [1.165, 1.54) is 17.0 Å². The van der Waals surface area contributed by atoms with Crippen LogP contribution in [0, 0.1) is 10.1 Å². The van der Waals surface area contributed by atoms with E-state index in [9.17, 15) is 10.1 Å². The lowest BCUT2D eigenvalue weighted by atomic mass is 10.2. The molecule has 1 fully saturated rings. The predicted octanol–water partition coefficient (Wildman–Crippen LogP) is 3.07. The first-order valence-corrected chi connectivity index (χ1v) is 10.1. The van der Waals surface area contributed by atoms with Crippen LogP contribution in [0.1, 0.15) is 10.8 Å². The Morgan fingerprint density at radius 3 is 2.71 bits per heavy atom. The van der Waals surface area contributed by atoms with E-state index in [2.05, 4.69) is 37.5 Å². The van der Waals surface area contributed by atoms with Gasteiger partial charge < -0.3 is 9.42 Å². The van der Waals surface area contributed by atoms with E-state index >= 15 is 0 Å². The van der Waals surface area contributed by atoms with Crippen LogP contribution in [0.3, 0.4) is 0 Å². The van der Waals surface area contributed by atoms with E-state index in [1.54, 1.807) is 12.1 Å². The number of nitrogens with zero attached hydrogens (tertiary/aromatic N) is 5.